The number of nitro groups is 1. The molecule has 7 heteroatoms. The van der Waals surface area contributed by atoms with Gasteiger partial charge in [-0.05, 0) is 19.9 Å². The Morgan fingerprint density at radius 3 is 2.80 bits per heavy atom. The van der Waals surface area contributed by atoms with Crippen LogP contribution in [-0.2, 0) is 0 Å². The molecule has 2 N–H and O–H groups in total. The average Bonchev–Trinajstić information content (AvgIpc) is 2.41. The van der Waals surface area contributed by atoms with Crippen LogP contribution in [0.2, 0.25) is 0 Å². The predicted octanol–water partition coefficient (Wildman–Crippen LogP) is 0.837. The summed E-state index contributed by atoms with van der Waals surface area (Å²) in [6.07, 6.45) is 0. The third-order valence-corrected chi connectivity index (χ3v) is 2.08. The van der Waals surface area contributed by atoms with Crippen molar-refractivity contribution in [2.24, 2.45) is 0 Å². The van der Waals surface area contributed by atoms with Gasteiger partial charge in [0, 0.05) is 11.4 Å². The molecule has 0 atom stereocenters. The smallest absolute Gasteiger partial charge is 0.357 e. The molecule has 0 aromatic carbocycles. The Kier molecular flexibility index (Phi) is 1.82. The van der Waals surface area contributed by atoms with Crippen molar-refractivity contribution >= 4 is 17.2 Å². The standard InChI is InChI=1S/C8H9N5O2/c1-4-3-5(2)12-8(10-4)6(13(14)15)7(9)11-12/h3H,1-2H3,(H2,9,11). The summed E-state index contributed by atoms with van der Waals surface area (Å²) >= 11 is 0. The van der Waals surface area contributed by atoms with Crippen LogP contribution in [0.4, 0.5) is 11.5 Å². The fourth-order valence-corrected chi connectivity index (χ4v) is 1.50. The molecule has 0 saturated heterocycles. The Balaban J connectivity index is 2.93. The zero-order valence-electron chi connectivity index (χ0n) is 8.26. The molecule has 0 unspecified atom stereocenters. The van der Waals surface area contributed by atoms with Crippen molar-refractivity contribution in [2.45, 2.75) is 13.8 Å². The van der Waals surface area contributed by atoms with E-state index in [1.807, 2.05) is 0 Å². The lowest BCUT2D eigenvalue weighted by Crippen LogP contribution is -1.98. The zero-order chi connectivity index (χ0) is 11.2. The van der Waals surface area contributed by atoms with Crippen molar-refractivity contribution in [1.82, 2.24) is 14.6 Å². The van der Waals surface area contributed by atoms with Crippen LogP contribution in [0.3, 0.4) is 0 Å². The number of fused-ring (bicyclic) bond motifs is 1. The lowest BCUT2D eigenvalue weighted by Gasteiger charge is -1.98. The van der Waals surface area contributed by atoms with Crippen molar-refractivity contribution in [2.75, 3.05) is 5.73 Å². The summed E-state index contributed by atoms with van der Waals surface area (Å²) in [5, 5.41) is 14.6. The van der Waals surface area contributed by atoms with Crippen LogP contribution >= 0.6 is 0 Å². The second kappa shape index (κ2) is 2.91. The maximum Gasteiger partial charge on any atom is 0.357 e. The van der Waals surface area contributed by atoms with E-state index in [-0.39, 0.29) is 17.2 Å². The summed E-state index contributed by atoms with van der Waals surface area (Å²) in [5.41, 5.74) is 6.87. The average molecular weight is 207 g/mol. The number of aromatic nitrogens is 3. The van der Waals surface area contributed by atoms with Gasteiger partial charge in [-0.2, -0.15) is 0 Å². The number of hydrogen-bond acceptors (Lipinski definition) is 5. The summed E-state index contributed by atoms with van der Waals surface area (Å²) < 4.78 is 1.38. The van der Waals surface area contributed by atoms with Crippen LogP contribution in [0.15, 0.2) is 6.07 Å². The van der Waals surface area contributed by atoms with Crippen LogP contribution in [0.5, 0.6) is 0 Å². The van der Waals surface area contributed by atoms with Crippen molar-refractivity contribution in [3.05, 3.63) is 27.6 Å². The SMILES string of the molecule is Cc1cc(C)n2nc(N)c([N+](=O)[O-])c2n1. The number of rotatable bonds is 1. The van der Waals surface area contributed by atoms with Gasteiger partial charge in [0.2, 0.25) is 11.5 Å². The maximum atomic E-state index is 10.8. The Labute approximate surface area is 84.7 Å². The zero-order valence-corrected chi connectivity index (χ0v) is 8.26. The van der Waals surface area contributed by atoms with Gasteiger partial charge in [-0.25, -0.2) is 9.50 Å². The molecule has 0 aliphatic carbocycles. The van der Waals surface area contributed by atoms with Gasteiger partial charge in [-0.1, -0.05) is 0 Å². The monoisotopic (exact) mass is 207 g/mol. The third-order valence-electron chi connectivity index (χ3n) is 2.08. The molecule has 0 aliphatic heterocycles. The van der Waals surface area contributed by atoms with E-state index in [4.69, 9.17) is 5.73 Å². The second-order valence-electron chi connectivity index (χ2n) is 3.27. The van der Waals surface area contributed by atoms with E-state index in [0.29, 0.717) is 5.69 Å². The van der Waals surface area contributed by atoms with Crippen molar-refractivity contribution in [1.29, 1.82) is 0 Å². The molecule has 2 rings (SSSR count). The topological polar surface area (TPSA) is 99.3 Å². The fraction of sp³-hybridized carbons (Fsp3) is 0.250. The Morgan fingerprint density at radius 2 is 2.20 bits per heavy atom. The molecular weight excluding hydrogens is 198 g/mol. The normalized spacial score (nSPS) is 10.8. The molecule has 7 nitrogen and oxygen atoms in total. The number of nitrogens with zero attached hydrogens (tertiary/aromatic N) is 4. The second-order valence-corrected chi connectivity index (χ2v) is 3.27. The molecule has 2 aromatic rings. The minimum atomic E-state index is -0.566. The first kappa shape index (κ1) is 9.38. The molecule has 2 aromatic heterocycles. The number of nitrogens with two attached hydrogens (primary N) is 1. The minimum Gasteiger partial charge on any atom is -0.376 e. The molecule has 0 aliphatic rings. The third kappa shape index (κ3) is 1.28. The van der Waals surface area contributed by atoms with Gasteiger partial charge < -0.3 is 5.73 Å². The predicted molar refractivity (Wildman–Crippen MR) is 53.5 cm³/mol. The molecule has 0 saturated carbocycles. The molecule has 78 valence electrons. The van der Waals surface area contributed by atoms with E-state index in [1.165, 1.54) is 4.52 Å². The summed E-state index contributed by atoms with van der Waals surface area (Å²) in [5.74, 6) is -0.110. The highest BCUT2D eigenvalue weighted by molar-refractivity contribution is 5.71. The Hall–Kier alpha value is -2.18. The van der Waals surface area contributed by atoms with Gasteiger partial charge in [-0.15, -0.1) is 5.10 Å². The van der Waals surface area contributed by atoms with Crippen LogP contribution in [-0.4, -0.2) is 19.5 Å². The van der Waals surface area contributed by atoms with Crippen molar-refractivity contribution < 1.29 is 4.92 Å². The van der Waals surface area contributed by atoms with Gasteiger partial charge in [0.25, 0.3) is 0 Å². The molecule has 0 amide bonds. The van der Waals surface area contributed by atoms with Gasteiger partial charge in [0.1, 0.15) is 0 Å². The van der Waals surface area contributed by atoms with Crippen LogP contribution < -0.4 is 5.73 Å². The lowest BCUT2D eigenvalue weighted by molar-refractivity contribution is -0.382. The minimum absolute atomic E-state index is 0.110. The molecule has 0 radical (unpaired) electrons. The highest BCUT2D eigenvalue weighted by atomic mass is 16.6. The maximum absolute atomic E-state index is 10.8. The van der Waals surface area contributed by atoms with E-state index < -0.39 is 4.92 Å². The molecule has 15 heavy (non-hydrogen) atoms. The fourth-order valence-electron chi connectivity index (χ4n) is 1.50. The van der Waals surface area contributed by atoms with Crippen molar-refractivity contribution in [3.63, 3.8) is 0 Å². The largest absolute Gasteiger partial charge is 0.376 e. The van der Waals surface area contributed by atoms with E-state index in [1.54, 1.807) is 19.9 Å². The molecule has 2 heterocycles. The Bertz CT molecular complexity index is 560. The van der Waals surface area contributed by atoms with Crippen LogP contribution in [0.25, 0.3) is 5.65 Å². The summed E-state index contributed by atoms with van der Waals surface area (Å²) in [4.78, 5) is 14.2. The molecule has 0 bridgehead atoms. The molecule has 0 spiro atoms. The lowest BCUT2D eigenvalue weighted by atomic mass is 10.3. The van der Waals surface area contributed by atoms with Crippen LogP contribution in [0, 0.1) is 24.0 Å². The van der Waals surface area contributed by atoms with Gasteiger partial charge in [0.15, 0.2) is 0 Å². The highest BCUT2D eigenvalue weighted by Crippen LogP contribution is 2.25. The van der Waals surface area contributed by atoms with Gasteiger partial charge in [0.05, 0.1) is 4.92 Å². The number of anilines is 1. The number of nitrogen functional groups attached to an aromatic ring is 1. The Morgan fingerprint density at radius 1 is 1.53 bits per heavy atom. The molecular formula is C8H9N5O2. The highest BCUT2D eigenvalue weighted by Gasteiger charge is 2.23. The van der Waals surface area contributed by atoms with E-state index >= 15 is 0 Å². The summed E-state index contributed by atoms with van der Waals surface area (Å²) in [7, 11) is 0. The van der Waals surface area contributed by atoms with E-state index in [9.17, 15) is 10.1 Å². The summed E-state index contributed by atoms with van der Waals surface area (Å²) in [6.45, 7) is 3.55. The van der Waals surface area contributed by atoms with Gasteiger partial charge >= 0.3 is 5.69 Å². The van der Waals surface area contributed by atoms with Crippen molar-refractivity contribution in [3.8, 4) is 0 Å². The number of hydrogen-bond donors (Lipinski definition) is 1. The van der Waals surface area contributed by atoms with E-state index in [0.717, 1.165) is 5.69 Å². The number of aryl methyl sites for hydroxylation is 2. The molecule has 0 fully saturated rings. The van der Waals surface area contributed by atoms with Gasteiger partial charge in [-0.3, -0.25) is 10.1 Å². The first-order chi connectivity index (χ1) is 7.00. The quantitative estimate of drug-likeness (QED) is 0.551. The first-order valence-electron chi connectivity index (χ1n) is 4.27. The summed E-state index contributed by atoms with van der Waals surface area (Å²) in [6, 6.07) is 1.78. The van der Waals surface area contributed by atoms with Crippen LogP contribution in [0.1, 0.15) is 11.4 Å². The first-order valence-corrected chi connectivity index (χ1v) is 4.27. The van der Waals surface area contributed by atoms with E-state index in [2.05, 4.69) is 10.1 Å².